The minimum Gasteiger partial charge on any atom is -0.386 e. The van der Waals surface area contributed by atoms with Crippen LogP contribution in [0.1, 0.15) is 11.7 Å². The first-order valence-electron chi connectivity index (χ1n) is 5.12. The molecule has 0 aliphatic heterocycles. The molecular formula is C11H14F2O4S. The minimum absolute atomic E-state index is 0.394. The number of ether oxygens (including phenoxy) is 1. The highest BCUT2D eigenvalue weighted by Gasteiger charge is 2.41. The summed E-state index contributed by atoms with van der Waals surface area (Å²) in [5.41, 5.74) is 0.514. The first-order chi connectivity index (χ1) is 8.24. The highest BCUT2D eigenvalue weighted by molar-refractivity contribution is 7.91. The van der Waals surface area contributed by atoms with Gasteiger partial charge < -0.3 is 9.84 Å². The van der Waals surface area contributed by atoms with Gasteiger partial charge in [-0.15, -0.1) is 0 Å². The third-order valence-corrected chi connectivity index (χ3v) is 3.48. The van der Waals surface area contributed by atoms with Crippen molar-refractivity contribution in [1.29, 1.82) is 0 Å². The van der Waals surface area contributed by atoms with Crippen LogP contribution in [0.25, 0.3) is 0 Å². The van der Waals surface area contributed by atoms with E-state index in [1.807, 2.05) is 0 Å². The third kappa shape index (κ3) is 4.01. The Balaban J connectivity index is 2.48. The Morgan fingerprint density at radius 1 is 1.33 bits per heavy atom. The van der Waals surface area contributed by atoms with Crippen molar-refractivity contribution in [3.05, 3.63) is 35.9 Å². The molecule has 0 saturated carbocycles. The number of hydrogen-bond acceptors (Lipinski definition) is 4. The Hall–Kier alpha value is -1.05. The van der Waals surface area contributed by atoms with Crippen LogP contribution < -0.4 is 0 Å². The standard InChI is InChI=1S/C11H14F2O4S/c1-18(15,16)11(12,13)8-17-7-10(14)9-5-3-2-4-6-9/h2-6,10,14H,7-8H2,1H3. The lowest BCUT2D eigenvalue weighted by molar-refractivity contribution is -0.0422. The van der Waals surface area contributed by atoms with Gasteiger partial charge in [0.2, 0.25) is 9.84 Å². The highest BCUT2D eigenvalue weighted by Crippen LogP contribution is 2.21. The Bertz CT molecular complexity index is 473. The number of sulfone groups is 1. The van der Waals surface area contributed by atoms with E-state index in [2.05, 4.69) is 4.74 Å². The summed E-state index contributed by atoms with van der Waals surface area (Å²) in [5.74, 6) is 0. The summed E-state index contributed by atoms with van der Waals surface area (Å²) < 4.78 is 52.0. The van der Waals surface area contributed by atoms with Gasteiger partial charge in [-0.2, -0.15) is 8.78 Å². The number of alkyl halides is 2. The molecule has 1 aromatic carbocycles. The van der Waals surface area contributed by atoms with E-state index in [9.17, 15) is 22.3 Å². The average molecular weight is 280 g/mol. The van der Waals surface area contributed by atoms with E-state index in [4.69, 9.17) is 0 Å². The lowest BCUT2D eigenvalue weighted by Gasteiger charge is -2.16. The monoisotopic (exact) mass is 280 g/mol. The molecule has 0 aliphatic rings. The molecule has 102 valence electrons. The second kappa shape index (κ2) is 5.73. The number of benzene rings is 1. The lowest BCUT2D eigenvalue weighted by Crippen LogP contribution is -2.33. The van der Waals surface area contributed by atoms with Crippen molar-refractivity contribution in [2.45, 2.75) is 11.4 Å². The maximum absolute atomic E-state index is 13.0. The Morgan fingerprint density at radius 3 is 2.39 bits per heavy atom. The topological polar surface area (TPSA) is 63.6 Å². The normalized spacial score (nSPS) is 14.4. The molecule has 1 aromatic rings. The summed E-state index contributed by atoms with van der Waals surface area (Å²) in [4.78, 5) is 0. The van der Waals surface area contributed by atoms with Gasteiger partial charge >= 0.3 is 5.25 Å². The van der Waals surface area contributed by atoms with Gasteiger partial charge in [0.1, 0.15) is 12.7 Å². The van der Waals surface area contributed by atoms with E-state index < -0.39 is 34.4 Å². The van der Waals surface area contributed by atoms with E-state index in [-0.39, 0.29) is 0 Å². The molecule has 0 saturated heterocycles. The van der Waals surface area contributed by atoms with Gasteiger partial charge in [0.05, 0.1) is 6.61 Å². The summed E-state index contributed by atoms with van der Waals surface area (Å²) in [7, 11) is -4.50. The summed E-state index contributed by atoms with van der Waals surface area (Å²) in [6.45, 7) is -1.66. The van der Waals surface area contributed by atoms with E-state index in [0.717, 1.165) is 0 Å². The van der Waals surface area contributed by atoms with Gasteiger partial charge in [-0.1, -0.05) is 30.3 Å². The largest absolute Gasteiger partial charge is 0.386 e. The van der Waals surface area contributed by atoms with Crippen LogP contribution in [0.2, 0.25) is 0 Å². The van der Waals surface area contributed by atoms with Gasteiger partial charge in [-0.25, -0.2) is 8.42 Å². The van der Waals surface area contributed by atoms with Gasteiger partial charge in [-0.3, -0.25) is 0 Å². The first-order valence-corrected chi connectivity index (χ1v) is 7.01. The van der Waals surface area contributed by atoms with Crippen LogP contribution in [0.3, 0.4) is 0 Å². The van der Waals surface area contributed by atoms with Crippen molar-refractivity contribution in [2.24, 2.45) is 0 Å². The predicted molar refractivity (Wildman–Crippen MR) is 62.0 cm³/mol. The van der Waals surface area contributed by atoms with Crippen LogP contribution in [-0.4, -0.2) is 38.2 Å². The summed E-state index contributed by atoms with van der Waals surface area (Å²) in [5, 5.41) is 5.66. The molecule has 4 nitrogen and oxygen atoms in total. The molecule has 0 aromatic heterocycles. The molecule has 0 spiro atoms. The number of rotatable bonds is 6. The third-order valence-electron chi connectivity index (χ3n) is 2.27. The molecule has 0 bridgehead atoms. The van der Waals surface area contributed by atoms with Crippen molar-refractivity contribution in [3.8, 4) is 0 Å². The van der Waals surface area contributed by atoms with E-state index >= 15 is 0 Å². The summed E-state index contributed by atoms with van der Waals surface area (Å²) in [6, 6.07) is 8.34. The van der Waals surface area contributed by atoms with Crippen LogP contribution in [0.4, 0.5) is 8.78 Å². The number of aliphatic hydroxyl groups is 1. The van der Waals surface area contributed by atoms with Crippen LogP contribution in [0.5, 0.6) is 0 Å². The Labute approximate surface area is 104 Å². The van der Waals surface area contributed by atoms with Crippen LogP contribution >= 0.6 is 0 Å². The SMILES string of the molecule is CS(=O)(=O)C(F)(F)COCC(O)c1ccccc1. The maximum Gasteiger partial charge on any atom is 0.367 e. The molecule has 1 atom stereocenters. The minimum atomic E-state index is -4.50. The summed E-state index contributed by atoms with van der Waals surface area (Å²) >= 11 is 0. The quantitative estimate of drug-likeness (QED) is 0.855. The van der Waals surface area contributed by atoms with Crippen LogP contribution in [-0.2, 0) is 14.6 Å². The molecule has 0 fully saturated rings. The van der Waals surface area contributed by atoms with Crippen molar-refractivity contribution in [1.82, 2.24) is 0 Å². The molecule has 0 amide bonds. The molecule has 7 heteroatoms. The summed E-state index contributed by atoms with van der Waals surface area (Å²) in [6.07, 6.45) is -0.633. The second-order valence-electron chi connectivity index (χ2n) is 3.85. The molecule has 1 rings (SSSR count). The first kappa shape index (κ1) is 15.0. The number of aliphatic hydroxyl groups excluding tert-OH is 1. The molecular weight excluding hydrogens is 266 g/mol. The van der Waals surface area contributed by atoms with Gasteiger partial charge in [0.25, 0.3) is 0 Å². The maximum atomic E-state index is 13.0. The zero-order chi connectivity index (χ0) is 13.8. The zero-order valence-electron chi connectivity index (χ0n) is 9.71. The van der Waals surface area contributed by atoms with Gasteiger partial charge in [0, 0.05) is 6.26 Å². The fourth-order valence-electron chi connectivity index (χ4n) is 1.17. The van der Waals surface area contributed by atoms with Gasteiger partial charge in [0.15, 0.2) is 0 Å². The predicted octanol–water partition coefficient (Wildman–Crippen LogP) is 1.37. The Kier molecular flexibility index (Phi) is 4.78. The number of halogens is 2. The molecule has 0 aliphatic carbocycles. The van der Waals surface area contributed by atoms with Crippen LogP contribution in [0, 0.1) is 0 Å². The fraction of sp³-hybridized carbons (Fsp3) is 0.455. The molecule has 0 radical (unpaired) electrons. The number of hydrogen-bond donors (Lipinski definition) is 1. The van der Waals surface area contributed by atoms with E-state index in [0.29, 0.717) is 11.8 Å². The fourth-order valence-corrected chi connectivity index (χ4v) is 1.47. The zero-order valence-corrected chi connectivity index (χ0v) is 10.5. The van der Waals surface area contributed by atoms with Gasteiger partial charge in [-0.05, 0) is 5.56 Å². The van der Waals surface area contributed by atoms with Crippen molar-refractivity contribution in [2.75, 3.05) is 19.5 Å². The smallest absolute Gasteiger partial charge is 0.367 e. The van der Waals surface area contributed by atoms with Crippen molar-refractivity contribution >= 4 is 9.84 Å². The average Bonchev–Trinajstić information content (AvgIpc) is 2.28. The molecule has 0 heterocycles. The van der Waals surface area contributed by atoms with E-state index in [1.54, 1.807) is 30.3 Å². The Morgan fingerprint density at radius 2 is 1.89 bits per heavy atom. The second-order valence-corrected chi connectivity index (χ2v) is 5.99. The van der Waals surface area contributed by atoms with Crippen molar-refractivity contribution < 1.29 is 27.0 Å². The lowest BCUT2D eigenvalue weighted by atomic mass is 10.1. The molecule has 1 unspecified atom stereocenters. The van der Waals surface area contributed by atoms with Crippen LogP contribution in [0.15, 0.2) is 30.3 Å². The molecule has 1 N–H and O–H groups in total. The van der Waals surface area contributed by atoms with Crippen molar-refractivity contribution in [3.63, 3.8) is 0 Å². The molecule has 18 heavy (non-hydrogen) atoms. The highest BCUT2D eigenvalue weighted by atomic mass is 32.2. The van der Waals surface area contributed by atoms with E-state index in [1.165, 1.54) is 0 Å².